The molecule has 1 N–H and O–H groups in total. The number of nitrogens with one attached hydrogen (secondary N) is 1. The Morgan fingerprint density at radius 2 is 1.79 bits per heavy atom. The third-order valence-corrected chi connectivity index (χ3v) is 7.06. The number of nitrogens with zero attached hydrogens (tertiary/aromatic N) is 4. The molecule has 0 aliphatic carbocycles. The lowest BCUT2D eigenvalue weighted by Crippen LogP contribution is -2.37. The molecule has 1 aromatic heterocycles. The SMILES string of the molecule is COc1cc2ncnc(Nc3ccc(/C(C)=N\OCc4ccc(Cl)cc4)cc3)c2cc1OCCCN1CCOCC1.Cl. The number of oxime groups is 1. The van der Waals surface area contributed by atoms with E-state index in [1.54, 1.807) is 7.11 Å². The molecule has 9 nitrogen and oxygen atoms in total. The van der Waals surface area contributed by atoms with Gasteiger partial charge in [-0.3, -0.25) is 4.90 Å². The normalized spacial score (nSPS) is 13.8. The topological polar surface area (TPSA) is 90.3 Å². The second kappa shape index (κ2) is 15.6. The van der Waals surface area contributed by atoms with Gasteiger partial charge < -0.3 is 24.4 Å². The molecule has 0 spiro atoms. The first-order chi connectivity index (χ1) is 20.1. The molecular formula is C31H35Cl2N5O4. The van der Waals surface area contributed by atoms with Crippen LogP contribution in [0.25, 0.3) is 10.9 Å². The van der Waals surface area contributed by atoms with Crippen molar-refractivity contribution in [2.75, 3.05) is 51.9 Å². The minimum Gasteiger partial charge on any atom is -0.493 e. The molecule has 1 fully saturated rings. The average Bonchev–Trinajstić information content (AvgIpc) is 3.01. The molecule has 11 heteroatoms. The van der Waals surface area contributed by atoms with Crippen LogP contribution in [0.2, 0.25) is 5.02 Å². The maximum Gasteiger partial charge on any atom is 0.162 e. The number of morpholine rings is 1. The predicted molar refractivity (Wildman–Crippen MR) is 169 cm³/mol. The van der Waals surface area contributed by atoms with Crippen LogP contribution in [0.15, 0.2) is 72.1 Å². The molecular weight excluding hydrogens is 577 g/mol. The molecule has 42 heavy (non-hydrogen) atoms. The Bertz CT molecular complexity index is 1460. The molecule has 1 aliphatic heterocycles. The number of halogens is 2. The molecule has 222 valence electrons. The van der Waals surface area contributed by atoms with Crippen molar-refractivity contribution < 1.29 is 19.0 Å². The number of hydrogen-bond donors (Lipinski definition) is 1. The molecule has 1 aliphatic rings. The minimum atomic E-state index is 0. The first kappa shape index (κ1) is 31.3. The van der Waals surface area contributed by atoms with Crippen LogP contribution in [0.4, 0.5) is 11.5 Å². The maximum absolute atomic E-state index is 6.14. The maximum atomic E-state index is 6.14. The highest BCUT2D eigenvalue weighted by Gasteiger charge is 2.14. The molecule has 0 bridgehead atoms. The summed E-state index contributed by atoms with van der Waals surface area (Å²) in [4.78, 5) is 16.9. The van der Waals surface area contributed by atoms with E-state index in [4.69, 9.17) is 30.6 Å². The van der Waals surface area contributed by atoms with Gasteiger partial charge in [0.25, 0.3) is 0 Å². The Morgan fingerprint density at radius 3 is 2.52 bits per heavy atom. The van der Waals surface area contributed by atoms with Crippen LogP contribution in [0.5, 0.6) is 11.5 Å². The van der Waals surface area contributed by atoms with Crippen molar-refractivity contribution in [2.45, 2.75) is 20.0 Å². The van der Waals surface area contributed by atoms with E-state index in [-0.39, 0.29) is 12.4 Å². The fourth-order valence-electron chi connectivity index (χ4n) is 4.50. The molecule has 2 heterocycles. The summed E-state index contributed by atoms with van der Waals surface area (Å²) in [5.74, 6) is 1.99. The lowest BCUT2D eigenvalue weighted by atomic mass is 10.1. The van der Waals surface area contributed by atoms with Crippen molar-refractivity contribution >= 4 is 52.1 Å². The van der Waals surface area contributed by atoms with Crippen LogP contribution in [-0.2, 0) is 16.2 Å². The quantitative estimate of drug-likeness (QED) is 0.110. The summed E-state index contributed by atoms with van der Waals surface area (Å²) in [5, 5.41) is 9.20. The molecule has 3 aromatic carbocycles. The average molecular weight is 613 g/mol. The van der Waals surface area contributed by atoms with Crippen molar-refractivity contribution in [1.82, 2.24) is 14.9 Å². The van der Waals surface area contributed by atoms with Crippen molar-refractivity contribution in [3.05, 3.63) is 83.1 Å². The van der Waals surface area contributed by atoms with E-state index in [2.05, 4.69) is 25.3 Å². The van der Waals surface area contributed by atoms with E-state index in [0.29, 0.717) is 35.6 Å². The first-order valence-electron chi connectivity index (χ1n) is 13.6. The lowest BCUT2D eigenvalue weighted by Gasteiger charge is -2.26. The number of fused-ring (bicyclic) bond motifs is 1. The summed E-state index contributed by atoms with van der Waals surface area (Å²) in [7, 11) is 1.64. The smallest absolute Gasteiger partial charge is 0.162 e. The third kappa shape index (κ3) is 8.45. The molecule has 0 saturated carbocycles. The summed E-state index contributed by atoms with van der Waals surface area (Å²) in [6.07, 6.45) is 2.45. The Balaban J connectivity index is 0.00000405. The van der Waals surface area contributed by atoms with E-state index in [9.17, 15) is 0 Å². The Labute approximate surface area is 257 Å². The number of anilines is 2. The lowest BCUT2D eigenvalue weighted by molar-refractivity contribution is 0.0357. The first-order valence-corrected chi connectivity index (χ1v) is 14.0. The number of hydrogen-bond acceptors (Lipinski definition) is 9. The van der Waals surface area contributed by atoms with Crippen LogP contribution >= 0.6 is 24.0 Å². The van der Waals surface area contributed by atoms with Crippen molar-refractivity contribution in [1.29, 1.82) is 0 Å². The summed E-state index contributed by atoms with van der Waals surface area (Å²) in [5.41, 5.74) is 4.38. The van der Waals surface area contributed by atoms with Crippen molar-refractivity contribution in [3.63, 3.8) is 0 Å². The zero-order valence-electron chi connectivity index (χ0n) is 23.7. The zero-order valence-corrected chi connectivity index (χ0v) is 25.3. The van der Waals surface area contributed by atoms with Crippen LogP contribution in [0.1, 0.15) is 24.5 Å². The van der Waals surface area contributed by atoms with Gasteiger partial charge in [-0.25, -0.2) is 9.97 Å². The molecule has 0 unspecified atom stereocenters. The van der Waals surface area contributed by atoms with Crippen LogP contribution in [0.3, 0.4) is 0 Å². The Kier molecular flexibility index (Phi) is 11.6. The van der Waals surface area contributed by atoms with Gasteiger partial charge in [0.2, 0.25) is 0 Å². The molecule has 5 rings (SSSR count). The van der Waals surface area contributed by atoms with Gasteiger partial charge in [0.1, 0.15) is 18.8 Å². The monoisotopic (exact) mass is 611 g/mol. The molecule has 0 radical (unpaired) electrons. The standard InChI is InChI=1S/C31H34ClN5O4.ClH/c1-22(36-41-20-23-4-8-25(32)9-5-23)24-6-10-26(11-7-24)35-31-27-18-30(29(38-2)19-28(27)33-21-34-31)40-15-3-12-37-13-16-39-17-14-37;/h4-11,18-19,21H,3,12-17,20H2,1-2H3,(H,33,34,35);1H/b36-22-;. The van der Waals surface area contributed by atoms with Crippen molar-refractivity contribution in [2.24, 2.45) is 5.16 Å². The van der Waals surface area contributed by atoms with Crippen LogP contribution < -0.4 is 14.8 Å². The van der Waals surface area contributed by atoms with E-state index in [1.165, 1.54) is 6.33 Å². The number of ether oxygens (including phenoxy) is 3. The number of aromatic nitrogens is 2. The highest BCUT2D eigenvalue weighted by atomic mass is 35.5. The molecule has 1 saturated heterocycles. The molecule has 0 amide bonds. The van der Waals surface area contributed by atoms with Gasteiger partial charge in [-0.1, -0.05) is 41.0 Å². The van der Waals surface area contributed by atoms with Crippen LogP contribution in [-0.4, -0.2) is 67.1 Å². The van der Waals surface area contributed by atoms with Crippen LogP contribution in [0, 0.1) is 0 Å². The van der Waals surface area contributed by atoms with Gasteiger partial charge in [0.05, 0.1) is 38.2 Å². The van der Waals surface area contributed by atoms with Gasteiger partial charge in [-0.2, -0.15) is 0 Å². The predicted octanol–water partition coefficient (Wildman–Crippen LogP) is 6.50. The fraction of sp³-hybridized carbons (Fsp3) is 0.323. The number of methoxy groups -OCH3 is 1. The summed E-state index contributed by atoms with van der Waals surface area (Å²) in [6, 6.07) is 19.3. The Hall–Kier alpha value is -3.63. The zero-order chi connectivity index (χ0) is 28.4. The minimum absolute atomic E-state index is 0. The highest BCUT2D eigenvalue weighted by molar-refractivity contribution is 6.30. The van der Waals surface area contributed by atoms with Gasteiger partial charge in [0, 0.05) is 41.8 Å². The summed E-state index contributed by atoms with van der Waals surface area (Å²) >= 11 is 5.94. The van der Waals surface area contributed by atoms with Gasteiger partial charge in [-0.05, 0) is 54.8 Å². The van der Waals surface area contributed by atoms with Gasteiger partial charge in [-0.15, -0.1) is 12.4 Å². The second-order valence-corrected chi connectivity index (χ2v) is 10.1. The molecule has 4 aromatic rings. The Morgan fingerprint density at radius 1 is 1.02 bits per heavy atom. The van der Waals surface area contributed by atoms with E-state index < -0.39 is 0 Å². The summed E-state index contributed by atoms with van der Waals surface area (Å²) in [6.45, 7) is 7.38. The largest absolute Gasteiger partial charge is 0.493 e. The third-order valence-electron chi connectivity index (χ3n) is 6.81. The van der Waals surface area contributed by atoms with E-state index in [0.717, 1.165) is 72.7 Å². The van der Waals surface area contributed by atoms with Gasteiger partial charge >= 0.3 is 0 Å². The second-order valence-electron chi connectivity index (χ2n) is 9.68. The fourth-order valence-corrected chi connectivity index (χ4v) is 4.63. The van der Waals surface area contributed by atoms with E-state index in [1.807, 2.05) is 67.6 Å². The van der Waals surface area contributed by atoms with E-state index >= 15 is 0 Å². The number of rotatable bonds is 12. The van der Waals surface area contributed by atoms with Gasteiger partial charge in [0.15, 0.2) is 11.5 Å². The molecule has 0 atom stereocenters. The highest BCUT2D eigenvalue weighted by Crippen LogP contribution is 2.35. The van der Waals surface area contributed by atoms with Crippen molar-refractivity contribution in [3.8, 4) is 11.5 Å². The summed E-state index contributed by atoms with van der Waals surface area (Å²) < 4.78 is 17.2. The number of benzene rings is 3.